The molecule has 0 bridgehead atoms. The van der Waals surface area contributed by atoms with Crippen molar-refractivity contribution in [2.45, 2.75) is 24.7 Å². The van der Waals surface area contributed by atoms with Gasteiger partial charge in [-0.05, 0) is 18.6 Å². The summed E-state index contributed by atoms with van der Waals surface area (Å²) in [7, 11) is -3.79. The number of pyridine rings is 1. The second-order valence-electron chi connectivity index (χ2n) is 3.94. The zero-order valence-corrected chi connectivity index (χ0v) is 11.6. The Morgan fingerprint density at radius 3 is 2.79 bits per heavy atom. The number of sulfonamides is 1. The molecule has 1 N–H and O–H groups in total. The van der Waals surface area contributed by atoms with Crippen LogP contribution in [-0.4, -0.2) is 42.5 Å². The topological polar surface area (TPSA) is 94.3 Å². The monoisotopic (exact) mass is 283 g/mol. The third kappa shape index (κ3) is 3.73. The summed E-state index contributed by atoms with van der Waals surface area (Å²) in [5, 5.41) is 17.9. The molecule has 0 aliphatic carbocycles. The van der Waals surface area contributed by atoms with Gasteiger partial charge in [0.2, 0.25) is 10.0 Å². The Bertz CT molecular complexity index is 552. The molecule has 0 spiro atoms. The number of unbranched alkanes of at least 4 members (excludes halogenated alkanes) is 1. The molecule has 104 valence electrons. The number of nitrogens with zero attached hydrogens (tertiary/aromatic N) is 3. The minimum Gasteiger partial charge on any atom is -0.395 e. The highest BCUT2D eigenvalue weighted by Crippen LogP contribution is 2.18. The summed E-state index contributed by atoms with van der Waals surface area (Å²) < 4.78 is 26.1. The van der Waals surface area contributed by atoms with Gasteiger partial charge in [-0.25, -0.2) is 13.4 Å². The molecule has 6 nitrogen and oxygen atoms in total. The Morgan fingerprint density at radius 1 is 1.47 bits per heavy atom. The van der Waals surface area contributed by atoms with Crippen LogP contribution < -0.4 is 0 Å². The average molecular weight is 283 g/mol. The van der Waals surface area contributed by atoms with E-state index in [0.717, 1.165) is 6.42 Å². The highest BCUT2D eigenvalue weighted by Gasteiger charge is 2.26. The minimum absolute atomic E-state index is 0.0160. The molecule has 7 heteroatoms. The average Bonchev–Trinajstić information content (AvgIpc) is 2.43. The quantitative estimate of drug-likeness (QED) is 0.796. The normalized spacial score (nSPS) is 11.5. The molecular weight excluding hydrogens is 266 g/mol. The maximum Gasteiger partial charge on any atom is 0.246 e. The van der Waals surface area contributed by atoms with Gasteiger partial charge in [0.1, 0.15) is 11.0 Å². The fraction of sp³-hybridized carbons (Fsp3) is 0.500. The molecule has 1 rings (SSSR count). The standard InChI is InChI=1S/C12H17N3O3S/c1-2-3-7-15(8-9-16)19(17,18)12-5-4-6-14-11(12)10-13/h4-6,16H,2-3,7-9H2,1H3. The first-order valence-corrected chi connectivity index (χ1v) is 7.48. The van der Waals surface area contributed by atoms with Gasteiger partial charge in [0.05, 0.1) is 6.61 Å². The van der Waals surface area contributed by atoms with Gasteiger partial charge in [0.25, 0.3) is 0 Å². The van der Waals surface area contributed by atoms with Crippen LogP contribution in [-0.2, 0) is 10.0 Å². The van der Waals surface area contributed by atoms with Crippen LogP contribution in [0.25, 0.3) is 0 Å². The fourth-order valence-corrected chi connectivity index (χ4v) is 3.18. The molecule has 1 aromatic rings. The van der Waals surface area contributed by atoms with Crippen molar-refractivity contribution in [1.82, 2.24) is 9.29 Å². The van der Waals surface area contributed by atoms with Crippen LogP contribution >= 0.6 is 0 Å². The highest BCUT2D eigenvalue weighted by atomic mass is 32.2. The van der Waals surface area contributed by atoms with E-state index in [1.807, 2.05) is 6.92 Å². The lowest BCUT2D eigenvalue weighted by Crippen LogP contribution is -2.35. The minimum atomic E-state index is -3.79. The van der Waals surface area contributed by atoms with E-state index in [1.165, 1.54) is 22.6 Å². The molecule has 0 saturated heterocycles. The van der Waals surface area contributed by atoms with Gasteiger partial charge in [-0.3, -0.25) is 0 Å². The van der Waals surface area contributed by atoms with Crippen LogP contribution in [0.4, 0.5) is 0 Å². The van der Waals surface area contributed by atoms with Crippen molar-refractivity contribution < 1.29 is 13.5 Å². The number of nitriles is 1. The third-order valence-electron chi connectivity index (χ3n) is 2.60. The van der Waals surface area contributed by atoms with Crippen LogP contribution in [0.1, 0.15) is 25.5 Å². The van der Waals surface area contributed by atoms with Crippen LogP contribution in [0.15, 0.2) is 23.2 Å². The van der Waals surface area contributed by atoms with Crippen molar-refractivity contribution in [1.29, 1.82) is 5.26 Å². The van der Waals surface area contributed by atoms with Gasteiger partial charge < -0.3 is 5.11 Å². The summed E-state index contributed by atoms with van der Waals surface area (Å²) in [6.07, 6.45) is 2.91. The van der Waals surface area contributed by atoms with Crippen molar-refractivity contribution in [3.8, 4) is 6.07 Å². The van der Waals surface area contributed by atoms with Gasteiger partial charge in [-0.15, -0.1) is 0 Å². The van der Waals surface area contributed by atoms with E-state index in [2.05, 4.69) is 4.98 Å². The zero-order valence-electron chi connectivity index (χ0n) is 10.8. The van der Waals surface area contributed by atoms with Crippen molar-refractivity contribution in [3.63, 3.8) is 0 Å². The van der Waals surface area contributed by atoms with Crippen LogP contribution in [0, 0.1) is 11.3 Å². The molecule has 0 amide bonds. The molecule has 0 saturated carbocycles. The largest absolute Gasteiger partial charge is 0.395 e. The Balaban J connectivity index is 3.15. The summed E-state index contributed by atoms with van der Waals surface area (Å²) in [4.78, 5) is 3.65. The summed E-state index contributed by atoms with van der Waals surface area (Å²) in [5.41, 5.74) is -0.123. The number of hydrogen-bond acceptors (Lipinski definition) is 5. The molecule has 0 aliphatic heterocycles. The molecule has 0 atom stereocenters. The van der Waals surface area contributed by atoms with Crippen LogP contribution in [0.5, 0.6) is 0 Å². The molecule has 0 unspecified atom stereocenters. The number of hydrogen-bond donors (Lipinski definition) is 1. The lowest BCUT2D eigenvalue weighted by atomic mass is 10.3. The molecule has 1 aromatic heterocycles. The Morgan fingerprint density at radius 2 is 2.21 bits per heavy atom. The van der Waals surface area contributed by atoms with Gasteiger partial charge >= 0.3 is 0 Å². The van der Waals surface area contributed by atoms with E-state index >= 15 is 0 Å². The predicted octanol–water partition coefficient (Wildman–Crippen LogP) is 0.736. The first kappa shape index (κ1) is 15.6. The number of aromatic nitrogens is 1. The van der Waals surface area contributed by atoms with Crippen molar-refractivity contribution in [2.75, 3.05) is 19.7 Å². The van der Waals surface area contributed by atoms with Gasteiger partial charge in [-0.2, -0.15) is 9.57 Å². The van der Waals surface area contributed by atoms with Crippen molar-refractivity contribution >= 4 is 10.0 Å². The number of aliphatic hydroxyl groups excluding tert-OH is 1. The third-order valence-corrected chi connectivity index (χ3v) is 4.54. The number of aliphatic hydroxyl groups is 1. The van der Waals surface area contributed by atoms with Crippen molar-refractivity contribution in [3.05, 3.63) is 24.0 Å². The molecule has 0 radical (unpaired) electrons. The molecular formula is C12H17N3O3S. The molecule has 19 heavy (non-hydrogen) atoms. The first-order valence-electron chi connectivity index (χ1n) is 6.04. The lowest BCUT2D eigenvalue weighted by Gasteiger charge is -2.21. The van der Waals surface area contributed by atoms with E-state index in [-0.39, 0.29) is 23.7 Å². The second-order valence-corrected chi connectivity index (χ2v) is 5.85. The second kappa shape index (κ2) is 7.19. The maximum absolute atomic E-state index is 12.4. The molecule has 1 heterocycles. The maximum atomic E-state index is 12.4. The van der Waals surface area contributed by atoms with E-state index in [0.29, 0.717) is 13.0 Å². The van der Waals surface area contributed by atoms with E-state index in [1.54, 1.807) is 6.07 Å². The highest BCUT2D eigenvalue weighted by molar-refractivity contribution is 7.89. The molecule has 0 aliphatic rings. The van der Waals surface area contributed by atoms with E-state index < -0.39 is 10.0 Å². The SMILES string of the molecule is CCCCN(CCO)S(=O)(=O)c1cccnc1C#N. The van der Waals surface area contributed by atoms with Crippen molar-refractivity contribution in [2.24, 2.45) is 0 Å². The Hall–Kier alpha value is -1.49. The van der Waals surface area contributed by atoms with Gasteiger partial charge in [0, 0.05) is 19.3 Å². The first-order chi connectivity index (χ1) is 9.07. The molecule has 0 aromatic carbocycles. The van der Waals surface area contributed by atoms with E-state index in [9.17, 15) is 8.42 Å². The zero-order chi connectivity index (χ0) is 14.3. The fourth-order valence-electron chi connectivity index (χ4n) is 1.62. The number of rotatable bonds is 7. The summed E-state index contributed by atoms with van der Waals surface area (Å²) in [5.74, 6) is 0. The van der Waals surface area contributed by atoms with E-state index in [4.69, 9.17) is 10.4 Å². The lowest BCUT2D eigenvalue weighted by molar-refractivity contribution is 0.252. The van der Waals surface area contributed by atoms with Gasteiger partial charge in [-0.1, -0.05) is 13.3 Å². The summed E-state index contributed by atoms with van der Waals surface area (Å²) >= 11 is 0. The smallest absolute Gasteiger partial charge is 0.246 e. The Labute approximate surface area is 113 Å². The molecule has 0 fully saturated rings. The summed E-state index contributed by atoms with van der Waals surface area (Å²) in [6, 6.07) is 4.61. The van der Waals surface area contributed by atoms with Gasteiger partial charge in [0.15, 0.2) is 5.69 Å². The Kier molecular flexibility index (Phi) is 5.89. The summed E-state index contributed by atoms with van der Waals surface area (Å²) in [6.45, 7) is 2.03. The van der Waals surface area contributed by atoms with Crippen LogP contribution in [0.3, 0.4) is 0 Å². The predicted molar refractivity (Wildman–Crippen MR) is 69.7 cm³/mol. The van der Waals surface area contributed by atoms with Crippen LogP contribution in [0.2, 0.25) is 0 Å².